The first-order valence-corrected chi connectivity index (χ1v) is 9.37. The number of likely N-dealkylation sites (N-methyl/N-ethyl adjacent to an activating group) is 1. The van der Waals surface area contributed by atoms with Gasteiger partial charge in [-0.05, 0) is 18.8 Å². The van der Waals surface area contributed by atoms with E-state index in [9.17, 15) is 9.59 Å². The Morgan fingerprint density at radius 3 is 2.00 bits per heavy atom. The largest absolute Gasteiger partial charge is 0.464 e. The minimum atomic E-state index is -0.458. The van der Waals surface area contributed by atoms with Gasteiger partial charge in [-0.3, -0.25) is 9.69 Å². The molecule has 5 nitrogen and oxygen atoms in total. The van der Waals surface area contributed by atoms with E-state index in [1.807, 2.05) is 27.7 Å². The van der Waals surface area contributed by atoms with E-state index in [-0.39, 0.29) is 17.9 Å². The van der Waals surface area contributed by atoms with Crippen molar-refractivity contribution in [1.29, 1.82) is 0 Å². The Hall–Kier alpha value is -1.26. The minimum Gasteiger partial charge on any atom is -0.464 e. The van der Waals surface area contributed by atoms with Gasteiger partial charge < -0.3 is 9.47 Å². The Balaban J connectivity index is 3.84. The Bertz CT molecular complexity index is 350. The number of nitrogens with zero attached hydrogens (tertiary/aromatic N) is 1. The number of hydrogen-bond acceptors (Lipinski definition) is 4. The summed E-state index contributed by atoms with van der Waals surface area (Å²) in [4.78, 5) is 25.1. The summed E-state index contributed by atoms with van der Waals surface area (Å²) in [7, 11) is 0. The average Bonchev–Trinajstić information content (AvgIpc) is 2.52. The van der Waals surface area contributed by atoms with Crippen LogP contribution in [0.1, 0.15) is 79.6 Å². The zero-order valence-corrected chi connectivity index (χ0v) is 16.4. The predicted molar refractivity (Wildman–Crippen MR) is 97.0 cm³/mol. The zero-order valence-electron chi connectivity index (χ0n) is 16.4. The van der Waals surface area contributed by atoms with Gasteiger partial charge in [-0.15, -0.1) is 0 Å². The highest BCUT2D eigenvalue weighted by Crippen LogP contribution is 2.13. The molecular weight excluding hydrogens is 306 g/mol. The van der Waals surface area contributed by atoms with E-state index >= 15 is 0 Å². The fraction of sp³-hybridized carbons (Fsp3) is 0.895. The number of hydrogen-bond donors (Lipinski definition) is 0. The Morgan fingerprint density at radius 1 is 0.875 bits per heavy atom. The number of amides is 1. The average molecular weight is 344 g/mol. The highest BCUT2D eigenvalue weighted by molar-refractivity contribution is 5.78. The van der Waals surface area contributed by atoms with E-state index in [4.69, 9.17) is 9.47 Å². The number of carbonyl (C=O) groups excluding carboxylic acids is 2. The molecule has 0 aliphatic carbocycles. The molecule has 0 spiro atoms. The SMILES string of the molecule is CCCCCCCCCOC(=O)CN(CC)C(=O)OCC(C)(C)C. The molecule has 0 aromatic heterocycles. The molecule has 0 N–H and O–H groups in total. The van der Waals surface area contributed by atoms with Gasteiger partial charge in [0.15, 0.2) is 0 Å². The highest BCUT2D eigenvalue weighted by atomic mass is 16.6. The molecule has 0 aromatic rings. The third-order valence-electron chi connectivity index (χ3n) is 3.60. The lowest BCUT2D eigenvalue weighted by atomic mass is 9.99. The van der Waals surface area contributed by atoms with Crippen molar-refractivity contribution in [2.75, 3.05) is 26.3 Å². The summed E-state index contributed by atoms with van der Waals surface area (Å²) in [6, 6.07) is 0. The summed E-state index contributed by atoms with van der Waals surface area (Å²) >= 11 is 0. The number of rotatable bonds is 12. The Labute approximate surface area is 148 Å². The lowest BCUT2D eigenvalue weighted by Gasteiger charge is -2.23. The second-order valence-electron chi connectivity index (χ2n) is 7.47. The van der Waals surface area contributed by atoms with Crippen molar-refractivity contribution >= 4 is 12.1 Å². The molecule has 0 radical (unpaired) electrons. The summed E-state index contributed by atoms with van der Waals surface area (Å²) in [5.74, 6) is -0.365. The number of esters is 1. The molecule has 0 unspecified atom stereocenters. The van der Waals surface area contributed by atoms with E-state index in [0.717, 1.165) is 12.8 Å². The molecule has 0 fully saturated rings. The molecule has 0 aliphatic heterocycles. The van der Waals surface area contributed by atoms with Crippen LogP contribution in [0.15, 0.2) is 0 Å². The second-order valence-corrected chi connectivity index (χ2v) is 7.47. The van der Waals surface area contributed by atoms with Crippen molar-refractivity contribution in [3.8, 4) is 0 Å². The molecule has 0 saturated carbocycles. The van der Waals surface area contributed by atoms with Crippen molar-refractivity contribution in [1.82, 2.24) is 4.90 Å². The van der Waals surface area contributed by atoms with Crippen LogP contribution in [0.2, 0.25) is 0 Å². The van der Waals surface area contributed by atoms with E-state index in [0.29, 0.717) is 19.8 Å². The molecule has 142 valence electrons. The third kappa shape index (κ3) is 13.2. The van der Waals surface area contributed by atoms with Gasteiger partial charge in [-0.25, -0.2) is 4.79 Å². The van der Waals surface area contributed by atoms with Gasteiger partial charge >= 0.3 is 12.1 Å². The van der Waals surface area contributed by atoms with Gasteiger partial charge in [0.25, 0.3) is 0 Å². The molecule has 0 bridgehead atoms. The van der Waals surface area contributed by atoms with Crippen LogP contribution in [-0.4, -0.2) is 43.3 Å². The maximum absolute atomic E-state index is 12.0. The van der Waals surface area contributed by atoms with Crippen LogP contribution in [0.5, 0.6) is 0 Å². The van der Waals surface area contributed by atoms with Gasteiger partial charge in [0, 0.05) is 6.54 Å². The first-order valence-electron chi connectivity index (χ1n) is 9.37. The topological polar surface area (TPSA) is 55.8 Å². The van der Waals surface area contributed by atoms with Gasteiger partial charge in [0.1, 0.15) is 6.54 Å². The fourth-order valence-electron chi connectivity index (χ4n) is 2.12. The smallest absolute Gasteiger partial charge is 0.410 e. The molecule has 0 saturated heterocycles. The summed E-state index contributed by atoms with van der Waals surface area (Å²) in [5.41, 5.74) is -0.0906. The van der Waals surface area contributed by atoms with E-state index in [2.05, 4.69) is 6.92 Å². The molecule has 0 aliphatic rings. The fourth-order valence-corrected chi connectivity index (χ4v) is 2.12. The lowest BCUT2D eigenvalue weighted by Crippen LogP contribution is -2.38. The molecule has 24 heavy (non-hydrogen) atoms. The van der Waals surface area contributed by atoms with Crippen molar-refractivity contribution < 1.29 is 19.1 Å². The summed E-state index contributed by atoms with van der Waals surface area (Å²) in [6.45, 7) is 11.1. The van der Waals surface area contributed by atoms with Gasteiger partial charge in [0.2, 0.25) is 0 Å². The zero-order chi connectivity index (χ0) is 18.4. The summed E-state index contributed by atoms with van der Waals surface area (Å²) in [6.07, 6.45) is 7.80. The van der Waals surface area contributed by atoms with Gasteiger partial charge in [-0.2, -0.15) is 0 Å². The number of ether oxygens (including phenoxy) is 2. The first kappa shape index (κ1) is 22.7. The third-order valence-corrected chi connectivity index (χ3v) is 3.60. The maximum atomic E-state index is 12.0. The molecule has 5 heteroatoms. The first-order chi connectivity index (χ1) is 11.3. The summed E-state index contributed by atoms with van der Waals surface area (Å²) in [5, 5.41) is 0. The molecule has 1 amide bonds. The molecule has 0 heterocycles. The molecular formula is C19H37NO4. The highest BCUT2D eigenvalue weighted by Gasteiger charge is 2.20. The standard InChI is InChI=1S/C19H37NO4/c1-6-8-9-10-11-12-13-14-23-17(21)15-20(7-2)18(22)24-16-19(3,4)5/h6-16H2,1-5H3. The van der Waals surface area contributed by atoms with E-state index < -0.39 is 6.09 Å². The van der Waals surface area contributed by atoms with Crippen molar-refractivity contribution in [3.05, 3.63) is 0 Å². The van der Waals surface area contributed by atoms with Crippen LogP contribution < -0.4 is 0 Å². The van der Waals surface area contributed by atoms with Crippen molar-refractivity contribution in [2.45, 2.75) is 79.6 Å². The van der Waals surface area contributed by atoms with Crippen LogP contribution in [0.3, 0.4) is 0 Å². The Morgan fingerprint density at radius 2 is 1.46 bits per heavy atom. The number of unbranched alkanes of at least 4 members (excludes halogenated alkanes) is 6. The molecule has 0 rings (SSSR count). The summed E-state index contributed by atoms with van der Waals surface area (Å²) < 4.78 is 10.4. The maximum Gasteiger partial charge on any atom is 0.410 e. The Kier molecular flexibility index (Phi) is 12.4. The van der Waals surface area contributed by atoms with Crippen LogP contribution in [0.25, 0.3) is 0 Å². The van der Waals surface area contributed by atoms with Crippen LogP contribution in [0, 0.1) is 5.41 Å². The van der Waals surface area contributed by atoms with Crippen molar-refractivity contribution in [3.63, 3.8) is 0 Å². The molecule has 0 atom stereocenters. The van der Waals surface area contributed by atoms with Crippen molar-refractivity contribution in [2.24, 2.45) is 5.41 Å². The lowest BCUT2D eigenvalue weighted by molar-refractivity contribution is -0.144. The number of carbonyl (C=O) groups is 2. The quantitative estimate of drug-likeness (QED) is 0.378. The second kappa shape index (κ2) is 13.1. The van der Waals surface area contributed by atoms with E-state index in [1.54, 1.807) is 0 Å². The minimum absolute atomic E-state index is 0.0457. The normalized spacial score (nSPS) is 11.2. The van der Waals surface area contributed by atoms with Crippen LogP contribution in [0.4, 0.5) is 4.79 Å². The van der Waals surface area contributed by atoms with Gasteiger partial charge in [-0.1, -0.05) is 66.2 Å². The van der Waals surface area contributed by atoms with E-state index in [1.165, 1.54) is 37.0 Å². The molecule has 0 aromatic carbocycles. The van der Waals surface area contributed by atoms with Gasteiger partial charge in [0.05, 0.1) is 13.2 Å². The van der Waals surface area contributed by atoms with Crippen LogP contribution in [-0.2, 0) is 14.3 Å². The predicted octanol–water partition coefficient (Wildman–Crippen LogP) is 4.78. The monoisotopic (exact) mass is 343 g/mol. The van der Waals surface area contributed by atoms with Crippen LogP contribution >= 0.6 is 0 Å².